The molecule has 1 unspecified atom stereocenters. The van der Waals surface area contributed by atoms with Crippen LogP contribution in [0.5, 0.6) is 0 Å². The summed E-state index contributed by atoms with van der Waals surface area (Å²) in [6.45, 7) is 4.04. The van der Waals surface area contributed by atoms with E-state index in [0.29, 0.717) is 0 Å². The molecule has 1 heterocycles. The number of nitrogens with one attached hydrogen (secondary N) is 1. The molecule has 0 saturated carbocycles. The number of hydrogen-bond donors (Lipinski definition) is 1. The van der Waals surface area contributed by atoms with Crippen molar-refractivity contribution >= 4 is 12.9 Å². The molecule has 3 heteroatoms. The highest BCUT2D eigenvalue weighted by molar-refractivity contribution is 6.49. The highest BCUT2D eigenvalue weighted by atomic mass is 16.4. The Bertz CT molecular complexity index is 290. The summed E-state index contributed by atoms with van der Waals surface area (Å²) in [5, 5.41) is 3.31. The van der Waals surface area contributed by atoms with E-state index in [-0.39, 0.29) is 6.10 Å². The minimum atomic E-state index is 0.260. The quantitative estimate of drug-likeness (QED) is 0.669. The Labute approximate surface area is 79.6 Å². The molecule has 0 aromatic heterocycles. The van der Waals surface area contributed by atoms with Crippen LogP contribution in [0, 0.1) is 0 Å². The van der Waals surface area contributed by atoms with Crippen LogP contribution in [-0.2, 0) is 4.65 Å². The third kappa shape index (κ3) is 1.76. The summed E-state index contributed by atoms with van der Waals surface area (Å²) in [6.07, 6.45) is 0.260. The van der Waals surface area contributed by atoms with Crippen LogP contribution in [0.2, 0.25) is 0 Å². The molecule has 0 saturated heterocycles. The summed E-state index contributed by atoms with van der Waals surface area (Å²) in [7, 11) is 0.770. The fraction of sp³-hybridized carbons (Fsp3) is 0.400. The molecule has 1 aliphatic heterocycles. The Kier molecular flexibility index (Phi) is 2.66. The fourth-order valence-corrected chi connectivity index (χ4v) is 1.70. The van der Waals surface area contributed by atoms with Crippen molar-refractivity contribution in [1.29, 1.82) is 0 Å². The summed E-state index contributed by atoms with van der Waals surface area (Å²) in [6, 6.07) is 8.44. The van der Waals surface area contributed by atoms with E-state index in [1.54, 1.807) is 0 Å². The fourth-order valence-electron chi connectivity index (χ4n) is 1.70. The van der Waals surface area contributed by atoms with Crippen LogP contribution in [0.1, 0.15) is 18.6 Å². The van der Waals surface area contributed by atoms with Crippen LogP contribution >= 0.6 is 0 Å². The monoisotopic (exact) mass is 175 g/mol. The first-order valence-electron chi connectivity index (χ1n) is 4.82. The van der Waals surface area contributed by atoms with Gasteiger partial charge in [-0.1, -0.05) is 31.2 Å². The normalized spacial score (nSPS) is 19.6. The van der Waals surface area contributed by atoms with Crippen LogP contribution in [0.25, 0.3) is 0 Å². The van der Waals surface area contributed by atoms with E-state index in [4.69, 9.17) is 4.65 Å². The SMILES string of the molecule is CCNCC1OBc2ccccc21. The minimum absolute atomic E-state index is 0.260. The Hall–Kier alpha value is -0.795. The lowest BCUT2D eigenvalue weighted by atomic mass is 9.87. The molecule has 0 aliphatic carbocycles. The molecule has 0 bridgehead atoms. The van der Waals surface area contributed by atoms with Gasteiger partial charge < -0.3 is 9.97 Å². The molecule has 2 nitrogen and oxygen atoms in total. The topological polar surface area (TPSA) is 21.3 Å². The van der Waals surface area contributed by atoms with Crippen LogP contribution in [0.15, 0.2) is 24.3 Å². The van der Waals surface area contributed by atoms with E-state index in [0.717, 1.165) is 20.6 Å². The first-order valence-corrected chi connectivity index (χ1v) is 4.82. The summed E-state index contributed by atoms with van der Waals surface area (Å²) >= 11 is 0. The second-order valence-corrected chi connectivity index (χ2v) is 3.31. The summed E-state index contributed by atoms with van der Waals surface area (Å²) < 4.78 is 5.66. The maximum absolute atomic E-state index is 5.66. The van der Waals surface area contributed by atoms with Crippen molar-refractivity contribution in [3.05, 3.63) is 29.8 Å². The summed E-state index contributed by atoms with van der Waals surface area (Å²) in [5.74, 6) is 0. The van der Waals surface area contributed by atoms with E-state index in [2.05, 4.69) is 36.5 Å². The van der Waals surface area contributed by atoms with Crippen molar-refractivity contribution in [3.8, 4) is 0 Å². The second kappa shape index (κ2) is 3.94. The predicted molar refractivity (Wildman–Crippen MR) is 55.6 cm³/mol. The molecule has 2 rings (SSSR count). The van der Waals surface area contributed by atoms with Gasteiger partial charge in [-0.3, -0.25) is 0 Å². The van der Waals surface area contributed by atoms with Gasteiger partial charge in [-0.25, -0.2) is 0 Å². The molecule has 68 valence electrons. The highest BCUT2D eigenvalue weighted by Gasteiger charge is 2.22. The van der Waals surface area contributed by atoms with Crippen LogP contribution in [-0.4, -0.2) is 20.6 Å². The van der Waals surface area contributed by atoms with Gasteiger partial charge in [0, 0.05) is 6.54 Å². The molecule has 0 amide bonds. The molecule has 1 aromatic rings. The first kappa shape index (κ1) is 8.79. The van der Waals surface area contributed by atoms with Gasteiger partial charge in [0.2, 0.25) is 0 Å². The van der Waals surface area contributed by atoms with Crippen molar-refractivity contribution in [1.82, 2.24) is 5.32 Å². The molecule has 0 fully saturated rings. The van der Waals surface area contributed by atoms with Gasteiger partial charge in [0.05, 0.1) is 6.10 Å². The third-order valence-electron chi connectivity index (χ3n) is 2.42. The lowest BCUT2D eigenvalue weighted by Gasteiger charge is -2.11. The van der Waals surface area contributed by atoms with Crippen molar-refractivity contribution in [2.75, 3.05) is 13.1 Å². The van der Waals surface area contributed by atoms with Crippen molar-refractivity contribution < 1.29 is 4.65 Å². The zero-order valence-electron chi connectivity index (χ0n) is 7.92. The number of hydrogen-bond acceptors (Lipinski definition) is 2. The molecular weight excluding hydrogens is 161 g/mol. The van der Waals surface area contributed by atoms with Gasteiger partial charge in [0.1, 0.15) is 0 Å². The lowest BCUT2D eigenvalue weighted by Crippen LogP contribution is -2.21. The van der Waals surface area contributed by atoms with Gasteiger partial charge in [0.15, 0.2) is 0 Å². The van der Waals surface area contributed by atoms with E-state index in [1.165, 1.54) is 11.0 Å². The van der Waals surface area contributed by atoms with Crippen molar-refractivity contribution in [3.63, 3.8) is 0 Å². The molecular formula is C10H14BNO. The highest BCUT2D eigenvalue weighted by Crippen LogP contribution is 2.18. The lowest BCUT2D eigenvalue weighted by molar-refractivity contribution is 0.230. The average Bonchev–Trinajstić information content (AvgIpc) is 2.58. The Morgan fingerprint density at radius 3 is 3.15 bits per heavy atom. The smallest absolute Gasteiger partial charge is 0.309 e. The molecule has 1 atom stereocenters. The molecule has 1 N–H and O–H groups in total. The van der Waals surface area contributed by atoms with E-state index in [1.807, 2.05) is 0 Å². The van der Waals surface area contributed by atoms with Crippen molar-refractivity contribution in [2.45, 2.75) is 13.0 Å². The zero-order valence-corrected chi connectivity index (χ0v) is 7.92. The van der Waals surface area contributed by atoms with Gasteiger partial charge in [0.25, 0.3) is 0 Å². The molecule has 1 aliphatic rings. The van der Waals surface area contributed by atoms with Crippen LogP contribution in [0.4, 0.5) is 0 Å². The molecule has 13 heavy (non-hydrogen) atoms. The number of fused-ring (bicyclic) bond motifs is 1. The average molecular weight is 175 g/mol. The van der Waals surface area contributed by atoms with Crippen molar-refractivity contribution in [2.24, 2.45) is 0 Å². The zero-order chi connectivity index (χ0) is 9.10. The number of likely N-dealkylation sites (N-methyl/N-ethyl adjacent to an activating group) is 1. The largest absolute Gasteiger partial charge is 0.426 e. The standard InChI is InChI=1S/C10H14BNO/c1-2-12-7-10-8-5-3-4-6-9(8)11-13-10/h3-6,10-12H,2,7H2,1H3. The first-order chi connectivity index (χ1) is 6.42. The van der Waals surface area contributed by atoms with Gasteiger partial charge in [-0.15, -0.1) is 0 Å². The summed E-state index contributed by atoms with van der Waals surface area (Å²) in [4.78, 5) is 0. The summed E-state index contributed by atoms with van der Waals surface area (Å²) in [5.41, 5.74) is 2.69. The maximum atomic E-state index is 5.66. The minimum Gasteiger partial charge on any atom is -0.426 e. The predicted octanol–water partition coefficient (Wildman–Crippen LogP) is 0.344. The molecule has 1 aromatic carbocycles. The number of rotatable bonds is 3. The maximum Gasteiger partial charge on any atom is 0.309 e. The Morgan fingerprint density at radius 1 is 1.46 bits per heavy atom. The third-order valence-corrected chi connectivity index (χ3v) is 2.42. The van der Waals surface area contributed by atoms with E-state index < -0.39 is 0 Å². The molecule has 0 spiro atoms. The van der Waals surface area contributed by atoms with Gasteiger partial charge in [-0.2, -0.15) is 0 Å². The van der Waals surface area contributed by atoms with E-state index >= 15 is 0 Å². The van der Waals surface area contributed by atoms with Crippen LogP contribution in [0.3, 0.4) is 0 Å². The van der Waals surface area contributed by atoms with Gasteiger partial charge >= 0.3 is 7.48 Å². The number of benzene rings is 1. The van der Waals surface area contributed by atoms with E-state index in [9.17, 15) is 0 Å². The Morgan fingerprint density at radius 2 is 2.31 bits per heavy atom. The Balaban J connectivity index is 2.09. The van der Waals surface area contributed by atoms with Crippen LogP contribution < -0.4 is 10.8 Å². The van der Waals surface area contributed by atoms with Gasteiger partial charge in [-0.05, 0) is 17.6 Å². The molecule has 0 radical (unpaired) electrons. The second-order valence-electron chi connectivity index (χ2n) is 3.31.